The largest absolute Gasteiger partial charge is 0.356 e. The van der Waals surface area contributed by atoms with E-state index in [4.69, 9.17) is 0 Å². The van der Waals surface area contributed by atoms with Crippen LogP contribution in [-0.2, 0) is 17.6 Å². The fourth-order valence-corrected chi connectivity index (χ4v) is 4.68. The van der Waals surface area contributed by atoms with Gasteiger partial charge >= 0.3 is 0 Å². The number of thiophene rings is 1. The first-order valence-electron chi connectivity index (χ1n) is 9.05. The van der Waals surface area contributed by atoms with Crippen LogP contribution in [0.25, 0.3) is 0 Å². The van der Waals surface area contributed by atoms with Crippen LogP contribution in [0.1, 0.15) is 55.3 Å². The molecule has 0 aromatic carbocycles. The Bertz CT molecular complexity index is 663. The maximum Gasteiger partial charge on any atom is 0.220 e. The van der Waals surface area contributed by atoms with Crippen LogP contribution in [0.4, 0.5) is 0 Å². The minimum Gasteiger partial charge on any atom is -0.356 e. The second kappa shape index (κ2) is 9.38. The zero-order valence-electron chi connectivity index (χ0n) is 14.7. The van der Waals surface area contributed by atoms with Gasteiger partial charge in [-0.15, -0.1) is 21.5 Å². The number of carbonyl (C=O) groups is 1. The van der Waals surface area contributed by atoms with Gasteiger partial charge in [-0.25, -0.2) is 0 Å². The van der Waals surface area contributed by atoms with Crippen LogP contribution in [0.15, 0.2) is 22.7 Å². The van der Waals surface area contributed by atoms with Crippen LogP contribution < -0.4 is 5.32 Å². The van der Waals surface area contributed by atoms with Crippen molar-refractivity contribution in [3.8, 4) is 0 Å². The van der Waals surface area contributed by atoms with E-state index >= 15 is 0 Å². The molecule has 2 heterocycles. The van der Waals surface area contributed by atoms with Crippen molar-refractivity contribution in [2.45, 2.75) is 62.6 Å². The molecule has 1 saturated carbocycles. The number of nitrogens with one attached hydrogen (secondary N) is 1. The molecule has 1 N–H and O–H groups in total. The van der Waals surface area contributed by atoms with Crippen LogP contribution in [0.5, 0.6) is 0 Å². The van der Waals surface area contributed by atoms with E-state index in [-0.39, 0.29) is 5.91 Å². The van der Waals surface area contributed by atoms with E-state index in [0.29, 0.717) is 19.0 Å². The van der Waals surface area contributed by atoms with E-state index in [0.717, 1.165) is 30.2 Å². The van der Waals surface area contributed by atoms with E-state index in [1.165, 1.54) is 30.6 Å². The average Bonchev–Trinajstić information content (AvgIpc) is 3.38. The molecule has 136 valence electrons. The van der Waals surface area contributed by atoms with Crippen LogP contribution in [-0.4, -0.2) is 33.5 Å². The quantitative estimate of drug-likeness (QED) is 0.532. The van der Waals surface area contributed by atoms with Crippen LogP contribution in [0.2, 0.25) is 0 Å². The molecular formula is C18H26N4OS2. The molecule has 0 saturated heterocycles. The van der Waals surface area contributed by atoms with Crippen molar-refractivity contribution in [1.29, 1.82) is 0 Å². The number of aromatic nitrogens is 3. The Kier molecular flexibility index (Phi) is 6.93. The highest BCUT2D eigenvalue weighted by molar-refractivity contribution is 7.98. The third-order valence-electron chi connectivity index (χ3n) is 4.69. The molecule has 3 rings (SSSR count). The molecule has 0 aliphatic heterocycles. The number of nitrogens with zero attached hydrogens (tertiary/aromatic N) is 3. The molecule has 1 aliphatic carbocycles. The normalized spacial score (nSPS) is 14.9. The van der Waals surface area contributed by atoms with Gasteiger partial charge in [0.2, 0.25) is 5.91 Å². The molecule has 0 spiro atoms. The van der Waals surface area contributed by atoms with Crippen molar-refractivity contribution in [1.82, 2.24) is 20.1 Å². The maximum absolute atomic E-state index is 11.9. The summed E-state index contributed by atoms with van der Waals surface area (Å²) in [6.07, 6.45) is 10.3. The fraction of sp³-hybridized carbons (Fsp3) is 0.611. The van der Waals surface area contributed by atoms with Gasteiger partial charge in [-0.3, -0.25) is 4.79 Å². The summed E-state index contributed by atoms with van der Waals surface area (Å²) in [6.45, 7) is 0.704. The fourth-order valence-electron chi connectivity index (χ4n) is 3.40. The van der Waals surface area contributed by atoms with Crippen molar-refractivity contribution >= 4 is 29.0 Å². The van der Waals surface area contributed by atoms with E-state index < -0.39 is 0 Å². The molecular weight excluding hydrogens is 352 g/mol. The van der Waals surface area contributed by atoms with E-state index in [1.54, 1.807) is 23.1 Å². The summed E-state index contributed by atoms with van der Waals surface area (Å²) < 4.78 is 2.34. The average molecular weight is 379 g/mol. The number of amides is 1. The summed E-state index contributed by atoms with van der Waals surface area (Å²) in [6, 6.07) is 4.67. The molecule has 1 amide bonds. The Labute approximate surface area is 157 Å². The lowest BCUT2D eigenvalue weighted by Crippen LogP contribution is -2.25. The molecule has 1 fully saturated rings. The van der Waals surface area contributed by atoms with Crippen molar-refractivity contribution < 1.29 is 4.79 Å². The Morgan fingerprint density at radius 1 is 1.36 bits per heavy atom. The van der Waals surface area contributed by atoms with E-state index in [1.807, 2.05) is 6.07 Å². The van der Waals surface area contributed by atoms with Gasteiger partial charge in [-0.1, -0.05) is 30.7 Å². The third-order valence-corrected chi connectivity index (χ3v) is 6.27. The standard InChI is InChI=1S/C18H26N4OS2/c1-24-18-21-20-16(22(18)14-6-2-3-7-14)9-4-12-19-17(23)11-10-15-8-5-13-25-15/h5,8,13-14H,2-4,6-7,9-12H2,1H3,(H,19,23). The SMILES string of the molecule is CSc1nnc(CCCNC(=O)CCc2cccs2)n1C1CCCC1. The van der Waals surface area contributed by atoms with Crippen molar-refractivity contribution in [3.63, 3.8) is 0 Å². The third kappa shape index (κ3) is 5.07. The number of carbonyl (C=O) groups excluding carboxylic acids is 1. The first kappa shape index (κ1) is 18.5. The predicted octanol–water partition coefficient (Wildman–Crippen LogP) is 3.86. The smallest absolute Gasteiger partial charge is 0.220 e. The minimum atomic E-state index is 0.135. The molecule has 7 heteroatoms. The first-order chi connectivity index (χ1) is 12.3. The Balaban J connectivity index is 1.42. The highest BCUT2D eigenvalue weighted by atomic mass is 32.2. The van der Waals surface area contributed by atoms with Gasteiger partial charge in [-0.05, 0) is 43.4 Å². The van der Waals surface area contributed by atoms with Gasteiger partial charge in [0.05, 0.1) is 0 Å². The van der Waals surface area contributed by atoms with Crippen molar-refractivity contribution in [2.24, 2.45) is 0 Å². The molecule has 0 radical (unpaired) electrons. The lowest BCUT2D eigenvalue weighted by molar-refractivity contribution is -0.121. The zero-order chi connectivity index (χ0) is 17.5. The van der Waals surface area contributed by atoms with E-state index in [9.17, 15) is 4.79 Å². The van der Waals surface area contributed by atoms with Gasteiger partial charge in [-0.2, -0.15) is 0 Å². The van der Waals surface area contributed by atoms with Gasteiger partial charge in [0.1, 0.15) is 5.82 Å². The lowest BCUT2D eigenvalue weighted by Gasteiger charge is -2.16. The second-order valence-electron chi connectivity index (χ2n) is 6.44. The summed E-state index contributed by atoms with van der Waals surface area (Å²) in [7, 11) is 0. The summed E-state index contributed by atoms with van der Waals surface area (Å²) >= 11 is 3.38. The van der Waals surface area contributed by atoms with Gasteiger partial charge in [0.25, 0.3) is 0 Å². The Morgan fingerprint density at radius 3 is 2.92 bits per heavy atom. The predicted molar refractivity (Wildman–Crippen MR) is 103 cm³/mol. The molecule has 2 aromatic heterocycles. The van der Waals surface area contributed by atoms with Gasteiger partial charge < -0.3 is 9.88 Å². The van der Waals surface area contributed by atoms with Crippen LogP contribution in [0, 0.1) is 0 Å². The summed E-state index contributed by atoms with van der Waals surface area (Å²) in [5, 5.41) is 14.8. The van der Waals surface area contributed by atoms with Crippen molar-refractivity contribution in [2.75, 3.05) is 12.8 Å². The topological polar surface area (TPSA) is 59.8 Å². The maximum atomic E-state index is 11.9. The number of thioether (sulfide) groups is 1. The molecule has 0 bridgehead atoms. The lowest BCUT2D eigenvalue weighted by atomic mass is 10.2. The number of hydrogen-bond acceptors (Lipinski definition) is 5. The Hall–Kier alpha value is -1.34. The van der Waals surface area contributed by atoms with E-state index in [2.05, 4.69) is 37.8 Å². The molecule has 25 heavy (non-hydrogen) atoms. The molecule has 5 nitrogen and oxygen atoms in total. The number of aryl methyl sites for hydroxylation is 2. The van der Waals surface area contributed by atoms with Crippen LogP contribution in [0.3, 0.4) is 0 Å². The number of hydrogen-bond donors (Lipinski definition) is 1. The van der Waals surface area contributed by atoms with Crippen LogP contribution >= 0.6 is 23.1 Å². The number of rotatable bonds is 9. The zero-order valence-corrected chi connectivity index (χ0v) is 16.4. The minimum absolute atomic E-state index is 0.135. The molecule has 0 atom stereocenters. The Morgan fingerprint density at radius 2 is 2.20 bits per heavy atom. The molecule has 2 aromatic rings. The molecule has 0 unspecified atom stereocenters. The second-order valence-corrected chi connectivity index (χ2v) is 8.25. The first-order valence-corrected chi connectivity index (χ1v) is 11.1. The summed E-state index contributed by atoms with van der Waals surface area (Å²) in [5.74, 6) is 1.21. The van der Waals surface area contributed by atoms with Gasteiger partial charge in [0.15, 0.2) is 5.16 Å². The van der Waals surface area contributed by atoms with Crippen molar-refractivity contribution in [3.05, 3.63) is 28.2 Å². The highest BCUT2D eigenvalue weighted by Crippen LogP contribution is 2.33. The summed E-state index contributed by atoms with van der Waals surface area (Å²) in [4.78, 5) is 13.2. The molecule has 1 aliphatic rings. The highest BCUT2D eigenvalue weighted by Gasteiger charge is 2.23. The van der Waals surface area contributed by atoms with Gasteiger partial charge in [0, 0.05) is 30.3 Å². The monoisotopic (exact) mass is 378 g/mol. The summed E-state index contributed by atoms with van der Waals surface area (Å²) in [5.41, 5.74) is 0.